The van der Waals surface area contributed by atoms with Gasteiger partial charge in [0.05, 0.1) is 6.61 Å². The van der Waals surface area contributed by atoms with E-state index in [0.29, 0.717) is 23.7 Å². The number of hydrogen-bond acceptors (Lipinski definition) is 6. The van der Waals surface area contributed by atoms with Gasteiger partial charge in [-0.3, -0.25) is 15.1 Å². The summed E-state index contributed by atoms with van der Waals surface area (Å²) in [6.45, 7) is 0.511. The number of aromatic nitrogens is 3. The molecule has 3 aromatic rings. The van der Waals surface area contributed by atoms with Gasteiger partial charge < -0.3 is 4.74 Å². The number of amides is 1. The molecule has 1 N–H and O–H groups in total. The van der Waals surface area contributed by atoms with E-state index < -0.39 is 0 Å². The number of anilines is 1. The summed E-state index contributed by atoms with van der Waals surface area (Å²) < 4.78 is 5.61. The van der Waals surface area contributed by atoms with Crippen LogP contribution < -0.4 is 10.1 Å². The van der Waals surface area contributed by atoms with Gasteiger partial charge in [-0.1, -0.05) is 29.5 Å². The van der Waals surface area contributed by atoms with E-state index in [0.717, 1.165) is 10.8 Å². The highest BCUT2D eigenvalue weighted by atomic mass is 32.1. The molecular formula is C16H14N4O2S. The Morgan fingerprint density at radius 2 is 1.87 bits per heavy atom. The summed E-state index contributed by atoms with van der Waals surface area (Å²) in [5.74, 6) is 0.596. The zero-order chi connectivity index (χ0) is 15.9. The van der Waals surface area contributed by atoms with Crippen LogP contribution in [0.15, 0.2) is 54.9 Å². The first-order valence-electron chi connectivity index (χ1n) is 7.03. The van der Waals surface area contributed by atoms with E-state index in [-0.39, 0.29) is 5.91 Å². The highest BCUT2D eigenvalue weighted by Crippen LogP contribution is 2.17. The van der Waals surface area contributed by atoms with Crippen molar-refractivity contribution >= 4 is 22.4 Å². The molecule has 23 heavy (non-hydrogen) atoms. The van der Waals surface area contributed by atoms with Gasteiger partial charge in [0.1, 0.15) is 10.8 Å². The second-order valence-electron chi connectivity index (χ2n) is 4.60. The molecule has 2 heterocycles. The van der Waals surface area contributed by atoms with Crippen LogP contribution in [0.2, 0.25) is 0 Å². The van der Waals surface area contributed by atoms with E-state index >= 15 is 0 Å². The summed E-state index contributed by atoms with van der Waals surface area (Å²) in [6.07, 6.45) is 3.78. The van der Waals surface area contributed by atoms with Crippen LogP contribution in [0.3, 0.4) is 0 Å². The molecule has 0 bridgehead atoms. The lowest BCUT2D eigenvalue weighted by Gasteiger charge is -2.03. The van der Waals surface area contributed by atoms with Crippen molar-refractivity contribution in [1.29, 1.82) is 0 Å². The summed E-state index contributed by atoms with van der Waals surface area (Å²) in [7, 11) is 0. The number of carbonyl (C=O) groups is 1. The van der Waals surface area contributed by atoms with Crippen LogP contribution >= 0.6 is 11.3 Å². The number of carbonyl (C=O) groups excluding carboxylic acids is 1. The molecule has 3 rings (SSSR count). The van der Waals surface area contributed by atoms with Crippen LogP contribution in [-0.4, -0.2) is 27.7 Å². The predicted octanol–water partition coefficient (Wildman–Crippen LogP) is 2.81. The topological polar surface area (TPSA) is 77.0 Å². The highest BCUT2D eigenvalue weighted by Gasteiger charge is 2.10. The third-order valence-corrected chi connectivity index (χ3v) is 3.86. The quantitative estimate of drug-likeness (QED) is 0.754. The lowest BCUT2D eigenvalue weighted by molar-refractivity contribution is 0.102. The molecule has 2 aromatic heterocycles. The zero-order valence-corrected chi connectivity index (χ0v) is 13.0. The van der Waals surface area contributed by atoms with Gasteiger partial charge in [-0.15, -0.1) is 10.2 Å². The van der Waals surface area contributed by atoms with E-state index in [1.165, 1.54) is 11.3 Å². The average molecular weight is 326 g/mol. The number of hydrogen-bond donors (Lipinski definition) is 1. The predicted molar refractivity (Wildman–Crippen MR) is 87.7 cm³/mol. The van der Waals surface area contributed by atoms with Gasteiger partial charge in [0.25, 0.3) is 5.91 Å². The van der Waals surface area contributed by atoms with E-state index in [2.05, 4.69) is 20.5 Å². The number of benzene rings is 1. The Balaban J connectivity index is 1.51. The van der Waals surface area contributed by atoms with Gasteiger partial charge in [-0.25, -0.2) is 0 Å². The average Bonchev–Trinajstić information content (AvgIpc) is 3.04. The lowest BCUT2D eigenvalue weighted by Crippen LogP contribution is -2.11. The van der Waals surface area contributed by atoms with E-state index in [1.807, 2.05) is 30.3 Å². The van der Waals surface area contributed by atoms with Crippen molar-refractivity contribution in [2.45, 2.75) is 6.42 Å². The van der Waals surface area contributed by atoms with Gasteiger partial charge in [-0.05, 0) is 24.3 Å². The maximum atomic E-state index is 12.0. The van der Waals surface area contributed by atoms with Gasteiger partial charge in [0.15, 0.2) is 0 Å². The van der Waals surface area contributed by atoms with Crippen molar-refractivity contribution in [2.75, 3.05) is 11.9 Å². The SMILES string of the molecule is O=C(Nc1nnc(CCOc2ccccc2)s1)c1ccncc1. The van der Waals surface area contributed by atoms with Gasteiger partial charge in [0.2, 0.25) is 5.13 Å². The molecule has 1 aromatic carbocycles. The minimum absolute atomic E-state index is 0.226. The molecule has 7 heteroatoms. The van der Waals surface area contributed by atoms with E-state index in [9.17, 15) is 4.79 Å². The second-order valence-corrected chi connectivity index (χ2v) is 5.66. The minimum Gasteiger partial charge on any atom is -0.493 e. The summed E-state index contributed by atoms with van der Waals surface area (Å²) in [6, 6.07) is 12.9. The molecular weight excluding hydrogens is 312 g/mol. The minimum atomic E-state index is -0.226. The Morgan fingerprint density at radius 1 is 1.09 bits per heavy atom. The third kappa shape index (κ3) is 4.33. The number of para-hydroxylation sites is 1. The van der Waals surface area contributed by atoms with Crippen LogP contribution in [0, 0.1) is 0 Å². The first-order valence-corrected chi connectivity index (χ1v) is 7.84. The van der Waals surface area contributed by atoms with Gasteiger partial charge in [-0.2, -0.15) is 0 Å². The van der Waals surface area contributed by atoms with Crippen molar-refractivity contribution < 1.29 is 9.53 Å². The number of ether oxygens (including phenoxy) is 1. The second kappa shape index (κ2) is 7.46. The maximum Gasteiger partial charge on any atom is 0.257 e. The molecule has 0 aliphatic heterocycles. The molecule has 0 atom stereocenters. The molecule has 0 spiro atoms. The monoisotopic (exact) mass is 326 g/mol. The van der Waals surface area contributed by atoms with Crippen molar-refractivity contribution in [3.63, 3.8) is 0 Å². The highest BCUT2D eigenvalue weighted by molar-refractivity contribution is 7.15. The number of rotatable bonds is 6. The maximum absolute atomic E-state index is 12.0. The van der Waals surface area contributed by atoms with Crippen molar-refractivity contribution in [2.24, 2.45) is 0 Å². The molecule has 0 saturated heterocycles. The molecule has 0 saturated carbocycles. The molecule has 1 amide bonds. The Bertz CT molecular complexity index is 762. The van der Waals surface area contributed by atoms with Gasteiger partial charge in [0, 0.05) is 24.4 Å². The first kappa shape index (κ1) is 15.1. The fourth-order valence-corrected chi connectivity index (χ4v) is 2.57. The largest absolute Gasteiger partial charge is 0.493 e. The summed E-state index contributed by atoms with van der Waals surface area (Å²) in [4.78, 5) is 15.9. The number of pyridine rings is 1. The normalized spacial score (nSPS) is 10.3. The van der Waals surface area contributed by atoms with Gasteiger partial charge >= 0.3 is 0 Å². The number of nitrogens with one attached hydrogen (secondary N) is 1. The van der Waals surface area contributed by atoms with Crippen LogP contribution in [0.4, 0.5) is 5.13 Å². The lowest BCUT2D eigenvalue weighted by atomic mass is 10.2. The molecule has 0 radical (unpaired) electrons. The van der Waals surface area contributed by atoms with Crippen LogP contribution in [-0.2, 0) is 6.42 Å². The molecule has 116 valence electrons. The fraction of sp³-hybridized carbons (Fsp3) is 0.125. The Kier molecular flexibility index (Phi) is 4.90. The Hall–Kier alpha value is -2.80. The van der Waals surface area contributed by atoms with E-state index in [4.69, 9.17) is 4.74 Å². The summed E-state index contributed by atoms with van der Waals surface area (Å²) in [5, 5.41) is 12.0. The fourth-order valence-electron chi connectivity index (χ4n) is 1.85. The van der Waals surface area contributed by atoms with Crippen LogP contribution in [0.1, 0.15) is 15.4 Å². The van der Waals surface area contributed by atoms with Crippen molar-refractivity contribution in [3.8, 4) is 5.75 Å². The number of nitrogens with zero attached hydrogens (tertiary/aromatic N) is 3. The van der Waals surface area contributed by atoms with Crippen LogP contribution in [0.5, 0.6) is 5.75 Å². The molecule has 0 aliphatic rings. The summed E-state index contributed by atoms with van der Waals surface area (Å²) in [5.41, 5.74) is 0.532. The van der Waals surface area contributed by atoms with E-state index in [1.54, 1.807) is 24.5 Å². The summed E-state index contributed by atoms with van der Waals surface area (Å²) >= 11 is 1.34. The molecule has 0 fully saturated rings. The standard InChI is InChI=1S/C16H14N4O2S/c21-15(12-6-9-17-10-7-12)18-16-20-19-14(23-16)8-11-22-13-4-2-1-3-5-13/h1-7,9-10H,8,11H2,(H,18,20,21). The van der Waals surface area contributed by atoms with Crippen LogP contribution in [0.25, 0.3) is 0 Å². The van der Waals surface area contributed by atoms with Crippen molar-refractivity contribution in [3.05, 3.63) is 65.4 Å². The third-order valence-electron chi connectivity index (χ3n) is 2.96. The molecule has 0 aliphatic carbocycles. The molecule has 0 unspecified atom stereocenters. The first-order chi connectivity index (χ1) is 11.3. The Labute approximate surface area is 137 Å². The smallest absolute Gasteiger partial charge is 0.257 e. The zero-order valence-electron chi connectivity index (χ0n) is 12.2. The Morgan fingerprint density at radius 3 is 2.65 bits per heavy atom. The molecule has 6 nitrogen and oxygen atoms in total. The van der Waals surface area contributed by atoms with Crippen molar-refractivity contribution in [1.82, 2.24) is 15.2 Å².